The Morgan fingerprint density at radius 3 is 2.25 bits per heavy atom. The highest BCUT2D eigenvalue weighted by atomic mass is 16.6. The Kier molecular flexibility index (Phi) is 5.40. The molecule has 0 saturated heterocycles. The average molecular weight is 326 g/mol. The first-order chi connectivity index (χ1) is 11.5. The minimum Gasteiger partial charge on any atom is -0.465 e. The van der Waals surface area contributed by atoms with Crippen LogP contribution in [0.25, 0.3) is 6.08 Å². The summed E-state index contributed by atoms with van der Waals surface area (Å²) in [7, 11) is 1.29. The van der Waals surface area contributed by atoms with Crippen LogP contribution in [0.1, 0.15) is 15.9 Å². The van der Waals surface area contributed by atoms with E-state index in [4.69, 9.17) is 0 Å². The lowest BCUT2D eigenvalue weighted by Gasteiger charge is -2.03. The van der Waals surface area contributed by atoms with Crippen molar-refractivity contribution in [3.05, 3.63) is 75.8 Å². The molecule has 0 spiro atoms. The Hall–Kier alpha value is -3.48. The SMILES string of the molecule is COC(=O)c1ccc(NC(=O)C=Cc2ccc([N+](=O)[O-])cc2)cc1. The molecule has 1 N–H and O–H groups in total. The summed E-state index contributed by atoms with van der Waals surface area (Å²) in [6, 6.07) is 12.1. The molecule has 0 saturated carbocycles. The number of carbonyl (C=O) groups is 2. The number of nitro benzene ring substituents is 1. The number of hydrogen-bond donors (Lipinski definition) is 1. The molecule has 0 bridgehead atoms. The molecule has 122 valence electrons. The number of hydrogen-bond acceptors (Lipinski definition) is 5. The highest BCUT2D eigenvalue weighted by Crippen LogP contribution is 2.13. The summed E-state index contributed by atoms with van der Waals surface area (Å²) in [5.74, 6) is -0.815. The van der Waals surface area contributed by atoms with Gasteiger partial charge in [0.25, 0.3) is 5.69 Å². The van der Waals surface area contributed by atoms with E-state index >= 15 is 0 Å². The van der Waals surface area contributed by atoms with Crippen LogP contribution < -0.4 is 5.32 Å². The summed E-state index contributed by atoms with van der Waals surface area (Å²) in [5, 5.41) is 13.2. The number of carbonyl (C=O) groups excluding carboxylic acids is 2. The van der Waals surface area contributed by atoms with Crippen molar-refractivity contribution in [2.24, 2.45) is 0 Å². The third-order valence-electron chi connectivity index (χ3n) is 3.10. The van der Waals surface area contributed by atoms with Gasteiger partial charge in [0.2, 0.25) is 5.91 Å². The Morgan fingerprint density at radius 1 is 1.08 bits per heavy atom. The van der Waals surface area contributed by atoms with E-state index in [0.717, 1.165) is 0 Å². The highest BCUT2D eigenvalue weighted by molar-refractivity contribution is 6.02. The number of non-ortho nitro benzene ring substituents is 1. The first-order valence-electron chi connectivity index (χ1n) is 6.91. The first-order valence-corrected chi connectivity index (χ1v) is 6.91. The van der Waals surface area contributed by atoms with Gasteiger partial charge in [0.1, 0.15) is 0 Å². The molecule has 0 unspecified atom stereocenters. The zero-order valence-electron chi connectivity index (χ0n) is 12.8. The number of nitrogens with zero attached hydrogens (tertiary/aromatic N) is 1. The second-order valence-electron chi connectivity index (χ2n) is 4.74. The minimum atomic E-state index is -0.488. The quantitative estimate of drug-likeness (QED) is 0.394. The summed E-state index contributed by atoms with van der Waals surface area (Å²) in [5.41, 5.74) is 1.57. The fraction of sp³-hybridized carbons (Fsp3) is 0.0588. The Bertz CT molecular complexity index is 780. The number of ether oxygens (including phenoxy) is 1. The van der Waals surface area contributed by atoms with Crippen LogP contribution in [0.15, 0.2) is 54.6 Å². The molecule has 2 aromatic carbocycles. The summed E-state index contributed by atoms with van der Waals surface area (Å²) >= 11 is 0. The third-order valence-corrected chi connectivity index (χ3v) is 3.10. The molecule has 2 aromatic rings. The van der Waals surface area contributed by atoms with Crippen molar-refractivity contribution in [1.82, 2.24) is 0 Å². The Balaban J connectivity index is 1.97. The van der Waals surface area contributed by atoms with E-state index < -0.39 is 10.9 Å². The molecule has 0 fully saturated rings. The molecular weight excluding hydrogens is 312 g/mol. The zero-order valence-corrected chi connectivity index (χ0v) is 12.8. The van der Waals surface area contributed by atoms with Crippen molar-refractivity contribution in [2.45, 2.75) is 0 Å². The lowest BCUT2D eigenvalue weighted by Crippen LogP contribution is -2.08. The van der Waals surface area contributed by atoms with Gasteiger partial charge in [-0.1, -0.05) is 0 Å². The van der Waals surface area contributed by atoms with E-state index in [2.05, 4.69) is 10.1 Å². The molecule has 2 rings (SSSR count). The van der Waals surface area contributed by atoms with Crippen LogP contribution in [0.4, 0.5) is 11.4 Å². The van der Waals surface area contributed by atoms with Crippen molar-refractivity contribution in [3.8, 4) is 0 Å². The molecule has 0 aliphatic rings. The number of benzene rings is 2. The van der Waals surface area contributed by atoms with Gasteiger partial charge in [0.15, 0.2) is 0 Å². The van der Waals surface area contributed by atoms with Crippen LogP contribution >= 0.6 is 0 Å². The molecule has 7 nitrogen and oxygen atoms in total. The van der Waals surface area contributed by atoms with Gasteiger partial charge in [-0.05, 0) is 48.0 Å². The van der Waals surface area contributed by atoms with E-state index in [0.29, 0.717) is 16.8 Å². The number of nitro groups is 1. The third kappa shape index (κ3) is 4.51. The molecule has 24 heavy (non-hydrogen) atoms. The normalized spacial score (nSPS) is 10.4. The van der Waals surface area contributed by atoms with Gasteiger partial charge in [0.05, 0.1) is 17.6 Å². The van der Waals surface area contributed by atoms with Crippen molar-refractivity contribution in [1.29, 1.82) is 0 Å². The minimum absolute atomic E-state index is 0.0118. The predicted molar refractivity (Wildman–Crippen MR) is 88.5 cm³/mol. The standard InChI is InChI=1S/C17H14N2O5/c1-24-17(21)13-5-7-14(8-6-13)18-16(20)11-4-12-2-9-15(10-3-12)19(22)23/h2-11H,1H3,(H,18,20). The van der Waals surface area contributed by atoms with Crippen LogP contribution in [0.3, 0.4) is 0 Å². The lowest BCUT2D eigenvalue weighted by molar-refractivity contribution is -0.384. The fourth-order valence-electron chi connectivity index (χ4n) is 1.87. The number of methoxy groups -OCH3 is 1. The van der Waals surface area contributed by atoms with Gasteiger partial charge in [-0.3, -0.25) is 14.9 Å². The van der Waals surface area contributed by atoms with Crippen molar-refractivity contribution < 1.29 is 19.2 Å². The summed E-state index contributed by atoms with van der Waals surface area (Å²) < 4.78 is 4.59. The fourth-order valence-corrected chi connectivity index (χ4v) is 1.87. The number of nitrogens with one attached hydrogen (secondary N) is 1. The van der Waals surface area contributed by atoms with Crippen LogP contribution in [0.5, 0.6) is 0 Å². The van der Waals surface area contributed by atoms with Crippen molar-refractivity contribution >= 4 is 29.3 Å². The van der Waals surface area contributed by atoms with Gasteiger partial charge >= 0.3 is 5.97 Å². The second-order valence-corrected chi connectivity index (χ2v) is 4.74. The van der Waals surface area contributed by atoms with Gasteiger partial charge < -0.3 is 10.1 Å². The molecule has 0 aliphatic heterocycles. The van der Waals surface area contributed by atoms with Crippen molar-refractivity contribution in [3.63, 3.8) is 0 Å². The average Bonchev–Trinajstić information content (AvgIpc) is 2.60. The van der Waals surface area contributed by atoms with Gasteiger partial charge in [-0.15, -0.1) is 0 Å². The summed E-state index contributed by atoms with van der Waals surface area (Å²) in [6.45, 7) is 0. The number of amides is 1. The highest BCUT2D eigenvalue weighted by Gasteiger charge is 2.05. The smallest absolute Gasteiger partial charge is 0.337 e. The first kappa shape index (κ1) is 16.9. The summed E-state index contributed by atoms with van der Waals surface area (Å²) in [6.07, 6.45) is 2.86. The zero-order chi connectivity index (χ0) is 17.5. The maximum Gasteiger partial charge on any atom is 0.337 e. The van der Waals surface area contributed by atoms with Gasteiger partial charge in [-0.2, -0.15) is 0 Å². The molecule has 0 heterocycles. The van der Waals surface area contributed by atoms with E-state index in [9.17, 15) is 19.7 Å². The van der Waals surface area contributed by atoms with E-state index in [-0.39, 0.29) is 11.6 Å². The van der Waals surface area contributed by atoms with Crippen LogP contribution in [-0.2, 0) is 9.53 Å². The molecule has 7 heteroatoms. The van der Waals surface area contributed by atoms with Crippen molar-refractivity contribution in [2.75, 3.05) is 12.4 Å². The topological polar surface area (TPSA) is 98.5 Å². The largest absolute Gasteiger partial charge is 0.465 e. The van der Waals surface area contributed by atoms with Crippen LogP contribution in [0, 0.1) is 10.1 Å². The van der Waals surface area contributed by atoms with Gasteiger partial charge in [0, 0.05) is 23.9 Å². The number of anilines is 1. The molecule has 0 radical (unpaired) electrons. The monoisotopic (exact) mass is 326 g/mol. The molecule has 0 aliphatic carbocycles. The predicted octanol–water partition coefficient (Wildman–Crippen LogP) is 3.03. The summed E-state index contributed by atoms with van der Waals surface area (Å²) in [4.78, 5) is 33.2. The van der Waals surface area contributed by atoms with E-state index in [1.807, 2.05) is 0 Å². The molecule has 0 atom stereocenters. The lowest BCUT2D eigenvalue weighted by atomic mass is 10.2. The van der Waals surface area contributed by atoms with Crippen LogP contribution in [0.2, 0.25) is 0 Å². The molecule has 0 aromatic heterocycles. The van der Waals surface area contributed by atoms with Crippen LogP contribution in [-0.4, -0.2) is 23.9 Å². The maximum absolute atomic E-state index is 11.8. The molecular formula is C17H14N2O5. The Labute approximate surface area is 137 Å². The number of rotatable bonds is 5. The van der Waals surface area contributed by atoms with Gasteiger partial charge in [-0.25, -0.2) is 4.79 Å². The number of esters is 1. The van der Waals surface area contributed by atoms with E-state index in [1.54, 1.807) is 42.5 Å². The second kappa shape index (κ2) is 7.68. The van der Waals surface area contributed by atoms with E-state index in [1.165, 1.54) is 25.3 Å². The maximum atomic E-state index is 11.8. The Morgan fingerprint density at radius 2 is 1.71 bits per heavy atom. The molecule has 1 amide bonds.